The zero-order valence-electron chi connectivity index (χ0n) is 18.8. The molecule has 0 aliphatic carbocycles. The molecule has 0 aromatic carbocycles. The van der Waals surface area contributed by atoms with Crippen LogP contribution in [0.15, 0.2) is 9.98 Å². The van der Waals surface area contributed by atoms with Crippen molar-refractivity contribution in [1.29, 1.82) is 0 Å². The quantitative estimate of drug-likeness (QED) is 0.154. The molecule has 0 saturated carbocycles. The van der Waals surface area contributed by atoms with E-state index in [1.165, 1.54) is 12.8 Å². The van der Waals surface area contributed by atoms with Crippen molar-refractivity contribution < 1.29 is 19.5 Å². The minimum Gasteiger partial charge on any atom is -0.458 e. The average Bonchev–Trinajstić information content (AvgIpc) is 2.48. The predicted molar refractivity (Wildman–Crippen MR) is 128 cm³/mol. The summed E-state index contributed by atoms with van der Waals surface area (Å²) in [5.41, 5.74) is 0. The summed E-state index contributed by atoms with van der Waals surface area (Å²) >= 11 is 0. The Balaban J connectivity index is -0.0000000739. The average molecular weight is 480 g/mol. The number of aliphatic imine (C=N–C) groups is 2. The maximum absolute atomic E-state index is 4.03. The van der Waals surface area contributed by atoms with Crippen LogP contribution in [0, 0.1) is 13.1 Å². The van der Waals surface area contributed by atoms with Gasteiger partial charge in [-0.25, -0.2) is 0 Å². The molecule has 0 amide bonds. The Hall–Kier alpha value is 0.563. The fraction of sp³-hybridized carbons (Fsp3) is 0.800. The Morgan fingerprint density at radius 2 is 0.880 bits per heavy atom. The Morgan fingerprint density at radius 1 is 0.640 bits per heavy atom. The molecule has 0 fully saturated rings. The molecule has 154 valence electrons. The molecule has 0 bridgehead atoms. The standard InChI is InChI=1S/2C7H14N.2C3H9P.Ru/c2*1-3-5-7-8-6-4-2;2*1-4(2)3;/h2*6-7H,3-5H2,1-2H3;2*1-3H3;/q2*-1;;;+2/p+2. The Morgan fingerprint density at radius 3 is 1.04 bits per heavy atom. The summed E-state index contributed by atoms with van der Waals surface area (Å²) in [4.78, 5) is 8.06. The second-order valence-corrected chi connectivity index (χ2v) is 12.4. The molecule has 2 nitrogen and oxygen atoms in total. The maximum Gasteiger partial charge on any atom is 2.00 e. The van der Waals surface area contributed by atoms with Gasteiger partial charge in [-0.2, -0.15) is 0 Å². The number of rotatable bonds is 8. The summed E-state index contributed by atoms with van der Waals surface area (Å²) in [6.07, 6.45) is 10.6. The van der Waals surface area contributed by atoms with E-state index in [1.54, 1.807) is 0 Å². The van der Waals surface area contributed by atoms with Gasteiger partial charge in [-0.05, 0) is 15.8 Å². The summed E-state index contributed by atoms with van der Waals surface area (Å²) in [7, 11) is 0.241. The first-order chi connectivity index (χ1) is 11.3. The monoisotopic (exact) mass is 480 g/mol. The second kappa shape index (κ2) is 39.6. The van der Waals surface area contributed by atoms with E-state index in [9.17, 15) is 0 Å². The number of unbranched alkanes of at least 4 members (excludes halogenated alkanes) is 2. The van der Waals surface area contributed by atoms with Crippen molar-refractivity contribution in [2.24, 2.45) is 9.98 Å². The van der Waals surface area contributed by atoms with Crippen molar-refractivity contribution in [1.82, 2.24) is 0 Å². The van der Waals surface area contributed by atoms with Crippen molar-refractivity contribution in [2.45, 2.75) is 66.2 Å². The molecule has 25 heavy (non-hydrogen) atoms. The van der Waals surface area contributed by atoms with Gasteiger partial charge in [0, 0.05) is 40.0 Å². The molecule has 0 aliphatic heterocycles. The van der Waals surface area contributed by atoms with Crippen molar-refractivity contribution in [3.63, 3.8) is 0 Å². The third kappa shape index (κ3) is 112. The molecule has 0 N–H and O–H groups in total. The SMILES string of the molecule is CC[CH-]N=CCCC.CC[CH-]N=CCCC.C[PH+](C)C.C[PH+](C)C.[Ru+2]. The van der Waals surface area contributed by atoms with Crippen LogP contribution in [0.5, 0.6) is 0 Å². The van der Waals surface area contributed by atoms with Gasteiger partial charge in [0.25, 0.3) is 0 Å². The van der Waals surface area contributed by atoms with Crippen LogP contribution in [0.25, 0.3) is 0 Å². The summed E-state index contributed by atoms with van der Waals surface area (Å²) in [6.45, 7) is 25.9. The molecule has 0 rings (SSSR count). The maximum atomic E-state index is 4.03. The molecular weight excluding hydrogens is 431 g/mol. The molecule has 0 saturated heterocycles. The van der Waals surface area contributed by atoms with Crippen molar-refractivity contribution in [2.75, 3.05) is 40.0 Å². The Bertz CT molecular complexity index is 188. The van der Waals surface area contributed by atoms with Crippen molar-refractivity contribution >= 4 is 28.3 Å². The molecule has 0 heterocycles. The zero-order valence-corrected chi connectivity index (χ0v) is 22.5. The summed E-state index contributed by atoms with van der Waals surface area (Å²) in [6, 6.07) is 0. The summed E-state index contributed by atoms with van der Waals surface area (Å²) in [5.74, 6) is 0. The van der Waals surface area contributed by atoms with E-state index < -0.39 is 0 Å². The second-order valence-electron chi connectivity index (χ2n) is 6.42. The molecule has 0 aromatic rings. The predicted octanol–water partition coefficient (Wildman–Crippen LogP) is 7.04. The summed E-state index contributed by atoms with van der Waals surface area (Å²) < 4.78 is 0. The van der Waals surface area contributed by atoms with Crippen molar-refractivity contribution in [3.8, 4) is 0 Å². The number of hydrogen-bond acceptors (Lipinski definition) is 2. The van der Waals surface area contributed by atoms with Gasteiger partial charge in [0.1, 0.15) is 0 Å². The third-order valence-corrected chi connectivity index (χ3v) is 1.62. The van der Waals surface area contributed by atoms with Crippen LogP contribution in [0.1, 0.15) is 66.2 Å². The van der Waals surface area contributed by atoms with Gasteiger partial charge < -0.3 is 9.98 Å². The van der Waals surface area contributed by atoms with Gasteiger partial charge in [-0.1, -0.05) is 66.2 Å². The molecule has 0 aromatic heterocycles. The van der Waals surface area contributed by atoms with Crippen LogP contribution in [-0.2, 0) is 19.5 Å². The Kier molecular flexibility index (Phi) is 57.7. The van der Waals surface area contributed by atoms with E-state index in [0.717, 1.165) is 25.7 Å². The van der Waals surface area contributed by atoms with Gasteiger partial charge in [0.2, 0.25) is 0 Å². The fourth-order valence-electron chi connectivity index (χ4n) is 0.767. The van der Waals surface area contributed by atoms with E-state index in [2.05, 4.69) is 77.7 Å². The van der Waals surface area contributed by atoms with E-state index in [1.807, 2.05) is 25.5 Å². The largest absolute Gasteiger partial charge is 2.00 e. The molecule has 5 heteroatoms. The van der Waals surface area contributed by atoms with Crippen LogP contribution in [0.4, 0.5) is 0 Å². The van der Waals surface area contributed by atoms with Crippen LogP contribution in [0.2, 0.25) is 0 Å². The van der Waals surface area contributed by atoms with Gasteiger partial charge >= 0.3 is 19.5 Å². The molecule has 0 spiro atoms. The van der Waals surface area contributed by atoms with E-state index in [-0.39, 0.29) is 35.3 Å². The van der Waals surface area contributed by atoms with E-state index in [0.29, 0.717) is 0 Å². The topological polar surface area (TPSA) is 24.7 Å². The van der Waals surface area contributed by atoms with Crippen LogP contribution < -0.4 is 0 Å². The van der Waals surface area contributed by atoms with Crippen LogP contribution >= 0.6 is 15.8 Å². The minimum absolute atomic E-state index is 0. The summed E-state index contributed by atoms with van der Waals surface area (Å²) in [5, 5.41) is 0. The molecule has 0 atom stereocenters. The zero-order chi connectivity index (χ0) is 19.6. The number of nitrogens with zero attached hydrogens (tertiary/aromatic N) is 2. The van der Waals surface area contributed by atoms with Gasteiger partial charge in [0.15, 0.2) is 0 Å². The smallest absolute Gasteiger partial charge is 0.458 e. The third-order valence-electron chi connectivity index (χ3n) is 1.62. The van der Waals surface area contributed by atoms with Gasteiger partial charge in [-0.3, -0.25) is 0 Å². The Labute approximate surface area is 176 Å². The van der Waals surface area contributed by atoms with Crippen molar-refractivity contribution in [3.05, 3.63) is 13.1 Å². The number of hydrogen-bond donors (Lipinski definition) is 0. The normalized spacial score (nSPS) is 9.44. The van der Waals surface area contributed by atoms with E-state index in [4.69, 9.17) is 0 Å². The van der Waals surface area contributed by atoms with Crippen LogP contribution in [-0.4, -0.2) is 52.4 Å². The molecule has 0 aliphatic rings. The first kappa shape index (κ1) is 36.5. The first-order valence-corrected chi connectivity index (χ1v) is 15.5. The van der Waals surface area contributed by atoms with E-state index >= 15 is 0 Å². The molecule has 0 unspecified atom stereocenters. The van der Waals surface area contributed by atoms with Crippen LogP contribution in [0.3, 0.4) is 0 Å². The minimum atomic E-state index is 0. The van der Waals surface area contributed by atoms with Gasteiger partial charge in [0.05, 0.1) is 0 Å². The molecular formula is C20H48N2P2Ru+2. The van der Waals surface area contributed by atoms with Gasteiger partial charge in [-0.15, -0.1) is 25.5 Å². The fourth-order valence-corrected chi connectivity index (χ4v) is 0.767. The molecule has 0 radical (unpaired) electrons. The first-order valence-electron chi connectivity index (χ1n) is 9.49.